The van der Waals surface area contributed by atoms with E-state index < -0.39 is 0 Å². The lowest BCUT2D eigenvalue weighted by Crippen LogP contribution is -2.44. The number of hydrogen-bond donors (Lipinski definition) is 1. The van der Waals surface area contributed by atoms with Crippen LogP contribution in [-0.4, -0.2) is 39.8 Å². The second kappa shape index (κ2) is 6.57. The summed E-state index contributed by atoms with van der Waals surface area (Å²) in [5.41, 5.74) is 4.86. The Bertz CT molecular complexity index is 877. The van der Waals surface area contributed by atoms with Gasteiger partial charge in [-0.15, -0.1) is 0 Å². The summed E-state index contributed by atoms with van der Waals surface area (Å²) in [7, 11) is 0. The minimum atomic E-state index is -0.0680. The second-order valence-corrected chi connectivity index (χ2v) is 6.97. The first kappa shape index (κ1) is 16.8. The molecule has 0 radical (unpaired) electrons. The number of carbonyl (C=O) groups excluding carboxylic acids is 2. The Kier molecular flexibility index (Phi) is 4.24. The molecule has 0 aromatic heterocycles. The molecule has 2 aliphatic heterocycles. The molecule has 0 bridgehead atoms. The van der Waals surface area contributed by atoms with E-state index in [0.29, 0.717) is 18.7 Å². The molecule has 0 aliphatic carbocycles. The molecule has 1 N–H and O–H groups in total. The summed E-state index contributed by atoms with van der Waals surface area (Å²) in [4.78, 5) is 28.9. The van der Waals surface area contributed by atoms with Crippen LogP contribution in [0.3, 0.4) is 0 Å². The van der Waals surface area contributed by atoms with E-state index in [9.17, 15) is 14.7 Å². The highest BCUT2D eigenvalue weighted by Crippen LogP contribution is 2.32. The van der Waals surface area contributed by atoms with Gasteiger partial charge in [0.25, 0.3) is 5.91 Å². The summed E-state index contributed by atoms with van der Waals surface area (Å²) in [6.45, 7) is 3.24. The molecule has 2 aromatic rings. The maximum absolute atomic E-state index is 12.9. The van der Waals surface area contributed by atoms with Gasteiger partial charge in [-0.05, 0) is 41.7 Å². The third kappa shape index (κ3) is 2.69. The Labute approximate surface area is 152 Å². The summed E-state index contributed by atoms with van der Waals surface area (Å²) in [6.07, 6.45) is 0.732. The van der Waals surface area contributed by atoms with Crippen LogP contribution >= 0.6 is 0 Å². The third-order valence-electron chi connectivity index (χ3n) is 5.54. The number of carbonyl (C=O) groups is 2. The van der Waals surface area contributed by atoms with Gasteiger partial charge in [-0.1, -0.05) is 36.4 Å². The predicted molar refractivity (Wildman–Crippen MR) is 97.4 cm³/mol. The Morgan fingerprint density at radius 3 is 2.77 bits per heavy atom. The molecule has 2 amide bonds. The highest BCUT2D eigenvalue weighted by molar-refractivity contribution is 6.00. The zero-order chi connectivity index (χ0) is 18.3. The van der Waals surface area contributed by atoms with Gasteiger partial charge in [0, 0.05) is 18.7 Å². The number of nitrogens with zero attached hydrogens (tertiary/aromatic N) is 2. The lowest BCUT2D eigenvalue weighted by molar-refractivity contribution is -0.134. The topological polar surface area (TPSA) is 60.9 Å². The van der Waals surface area contributed by atoms with Crippen molar-refractivity contribution in [3.8, 4) is 0 Å². The Hall–Kier alpha value is -2.66. The lowest BCUT2D eigenvalue weighted by atomic mass is 9.90. The quantitative estimate of drug-likeness (QED) is 0.924. The summed E-state index contributed by atoms with van der Waals surface area (Å²) in [5, 5.41) is 9.53. The van der Waals surface area contributed by atoms with Gasteiger partial charge in [-0.2, -0.15) is 0 Å². The van der Waals surface area contributed by atoms with Crippen LogP contribution in [0.2, 0.25) is 0 Å². The van der Waals surface area contributed by atoms with Crippen LogP contribution in [-0.2, 0) is 24.4 Å². The number of hydrogen-bond acceptors (Lipinski definition) is 3. The SMILES string of the molecule is C[C@@H]1c2cccc(CO)c2CCN1C(=O)CN1Cc2ccccc2C1=O. The average molecular weight is 350 g/mol. The fourth-order valence-electron chi connectivity index (χ4n) is 4.13. The van der Waals surface area contributed by atoms with Crippen LogP contribution in [0.25, 0.3) is 0 Å². The van der Waals surface area contributed by atoms with Crippen molar-refractivity contribution in [3.05, 3.63) is 70.3 Å². The maximum Gasteiger partial charge on any atom is 0.254 e. The van der Waals surface area contributed by atoms with E-state index in [1.807, 2.05) is 54.3 Å². The molecule has 4 rings (SSSR count). The van der Waals surface area contributed by atoms with Gasteiger partial charge >= 0.3 is 0 Å². The van der Waals surface area contributed by atoms with Crippen LogP contribution in [0.5, 0.6) is 0 Å². The van der Waals surface area contributed by atoms with Gasteiger partial charge in [0.2, 0.25) is 5.91 Å². The smallest absolute Gasteiger partial charge is 0.254 e. The molecule has 0 saturated carbocycles. The van der Waals surface area contributed by atoms with Crippen LogP contribution in [0.15, 0.2) is 42.5 Å². The molecular weight excluding hydrogens is 328 g/mol. The van der Waals surface area contributed by atoms with E-state index in [2.05, 4.69) is 0 Å². The Morgan fingerprint density at radius 2 is 2.00 bits per heavy atom. The normalized spacial score (nSPS) is 18.7. The number of amides is 2. The van der Waals surface area contributed by atoms with E-state index in [1.54, 1.807) is 4.90 Å². The summed E-state index contributed by atoms with van der Waals surface area (Å²) < 4.78 is 0. The first-order valence-corrected chi connectivity index (χ1v) is 8.98. The zero-order valence-corrected chi connectivity index (χ0v) is 14.8. The Balaban J connectivity index is 1.51. The second-order valence-electron chi connectivity index (χ2n) is 6.97. The van der Waals surface area contributed by atoms with Gasteiger partial charge in [0.1, 0.15) is 6.54 Å². The maximum atomic E-state index is 12.9. The van der Waals surface area contributed by atoms with Crippen LogP contribution in [0.4, 0.5) is 0 Å². The molecular formula is C21H22N2O3. The van der Waals surface area contributed by atoms with E-state index >= 15 is 0 Å². The van der Waals surface area contributed by atoms with Gasteiger partial charge in [0.05, 0.1) is 12.6 Å². The van der Waals surface area contributed by atoms with Crippen LogP contribution in [0, 0.1) is 0 Å². The van der Waals surface area contributed by atoms with Crippen molar-refractivity contribution in [3.63, 3.8) is 0 Å². The number of aliphatic hydroxyl groups excluding tert-OH is 1. The molecule has 0 spiro atoms. The minimum Gasteiger partial charge on any atom is -0.392 e. The largest absolute Gasteiger partial charge is 0.392 e. The third-order valence-corrected chi connectivity index (χ3v) is 5.54. The number of benzene rings is 2. The van der Waals surface area contributed by atoms with Crippen molar-refractivity contribution >= 4 is 11.8 Å². The average Bonchev–Trinajstić information content (AvgIpc) is 2.97. The molecule has 0 fully saturated rings. The zero-order valence-electron chi connectivity index (χ0n) is 14.8. The number of fused-ring (bicyclic) bond motifs is 2. The Morgan fingerprint density at radius 1 is 1.19 bits per heavy atom. The molecule has 0 saturated heterocycles. The first-order chi connectivity index (χ1) is 12.6. The van der Waals surface area contributed by atoms with Gasteiger partial charge in [-0.3, -0.25) is 9.59 Å². The predicted octanol–water partition coefficient (Wildman–Crippen LogP) is 2.28. The summed E-state index contributed by atoms with van der Waals surface area (Å²) in [6, 6.07) is 13.3. The van der Waals surface area contributed by atoms with E-state index in [0.717, 1.165) is 28.7 Å². The van der Waals surface area contributed by atoms with Gasteiger partial charge in [0.15, 0.2) is 0 Å². The van der Waals surface area contributed by atoms with Crippen molar-refractivity contribution < 1.29 is 14.7 Å². The molecule has 1 atom stereocenters. The van der Waals surface area contributed by atoms with Crippen molar-refractivity contribution in [1.29, 1.82) is 0 Å². The fourth-order valence-corrected chi connectivity index (χ4v) is 4.13. The fraction of sp³-hybridized carbons (Fsp3) is 0.333. The monoisotopic (exact) mass is 350 g/mol. The molecule has 2 aliphatic rings. The van der Waals surface area contributed by atoms with Crippen LogP contribution < -0.4 is 0 Å². The molecule has 2 aromatic carbocycles. The highest BCUT2D eigenvalue weighted by Gasteiger charge is 2.33. The molecule has 0 unspecified atom stereocenters. The lowest BCUT2D eigenvalue weighted by Gasteiger charge is -2.37. The standard InChI is InChI=1S/C21H22N2O3/c1-14-17-8-4-6-16(13-24)18(17)9-10-23(14)20(25)12-22-11-15-5-2-3-7-19(15)21(22)26/h2-8,14,24H,9-13H2,1H3/t14-/m1/s1. The van der Waals surface area contributed by atoms with Crippen molar-refractivity contribution in [2.75, 3.05) is 13.1 Å². The van der Waals surface area contributed by atoms with E-state index in [1.165, 1.54) is 0 Å². The molecule has 5 heteroatoms. The van der Waals surface area contributed by atoms with Crippen LogP contribution in [0.1, 0.15) is 45.6 Å². The molecule has 5 nitrogen and oxygen atoms in total. The van der Waals surface area contributed by atoms with Gasteiger partial charge < -0.3 is 14.9 Å². The number of rotatable bonds is 3. The molecule has 2 heterocycles. The highest BCUT2D eigenvalue weighted by atomic mass is 16.3. The number of aliphatic hydroxyl groups is 1. The van der Waals surface area contributed by atoms with Crippen molar-refractivity contribution in [2.45, 2.75) is 32.5 Å². The summed E-state index contributed by atoms with van der Waals surface area (Å²) in [5.74, 6) is -0.0970. The van der Waals surface area contributed by atoms with E-state index in [4.69, 9.17) is 0 Å². The van der Waals surface area contributed by atoms with Crippen molar-refractivity contribution in [2.24, 2.45) is 0 Å². The van der Waals surface area contributed by atoms with E-state index in [-0.39, 0.29) is 31.0 Å². The molecule has 134 valence electrons. The van der Waals surface area contributed by atoms with Gasteiger partial charge in [-0.25, -0.2) is 0 Å². The minimum absolute atomic E-state index is 0.0182. The first-order valence-electron chi connectivity index (χ1n) is 8.98. The molecule has 26 heavy (non-hydrogen) atoms. The summed E-state index contributed by atoms with van der Waals surface area (Å²) >= 11 is 0. The van der Waals surface area contributed by atoms with Crippen molar-refractivity contribution in [1.82, 2.24) is 9.80 Å².